The monoisotopic (exact) mass is 366 g/mol. The molecule has 0 saturated heterocycles. The minimum atomic E-state index is -0.660. The van der Waals surface area contributed by atoms with Gasteiger partial charge in [0.25, 0.3) is 5.69 Å². The summed E-state index contributed by atoms with van der Waals surface area (Å²) in [4.78, 5) is 22.1. The van der Waals surface area contributed by atoms with Crippen molar-refractivity contribution in [1.82, 2.24) is 9.99 Å². The molecule has 3 rings (SSSR count). The van der Waals surface area contributed by atoms with Crippen molar-refractivity contribution >= 4 is 28.9 Å². The number of carbonyl (C=O) groups is 1. The Bertz CT molecular complexity index is 1040. The number of aromatic nitrogens is 1. The third-order valence-corrected chi connectivity index (χ3v) is 4.33. The summed E-state index contributed by atoms with van der Waals surface area (Å²) in [5.41, 5.74) is 5.58. The van der Waals surface area contributed by atoms with Crippen LogP contribution >= 0.6 is 0 Å². The van der Waals surface area contributed by atoms with Crippen molar-refractivity contribution < 1.29 is 14.5 Å². The van der Waals surface area contributed by atoms with E-state index in [1.807, 2.05) is 35.8 Å². The average molecular weight is 366 g/mol. The maximum absolute atomic E-state index is 11.3. The molecule has 0 aliphatic heterocycles. The van der Waals surface area contributed by atoms with Gasteiger partial charge in [-0.3, -0.25) is 10.1 Å². The van der Waals surface area contributed by atoms with Crippen molar-refractivity contribution in [2.45, 2.75) is 13.5 Å². The molecule has 27 heavy (non-hydrogen) atoms. The summed E-state index contributed by atoms with van der Waals surface area (Å²) in [5, 5.41) is 16.2. The summed E-state index contributed by atoms with van der Waals surface area (Å²) in [5.74, 6) is 0. The number of benzene rings is 2. The van der Waals surface area contributed by atoms with Gasteiger partial charge in [0.05, 0.1) is 24.8 Å². The lowest BCUT2D eigenvalue weighted by Gasteiger charge is -2.09. The van der Waals surface area contributed by atoms with Crippen molar-refractivity contribution in [3.8, 4) is 0 Å². The SMILES string of the molecule is COC(=O)NN=Cc1c(C)n(Cc2ccccc2[N+](=O)[O-])c2ccccc12. The molecule has 0 atom stereocenters. The molecule has 0 saturated carbocycles. The molecule has 0 radical (unpaired) electrons. The van der Waals surface area contributed by atoms with Gasteiger partial charge in [0, 0.05) is 33.8 Å². The second-order valence-corrected chi connectivity index (χ2v) is 5.85. The molecule has 0 spiro atoms. The predicted octanol–water partition coefficient (Wildman–Crippen LogP) is 3.60. The number of rotatable bonds is 5. The zero-order chi connectivity index (χ0) is 19.4. The van der Waals surface area contributed by atoms with E-state index in [2.05, 4.69) is 15.3 Å². The highest BCUT2D eigenvalue weighted by molar-refractivity contribution is 6.01. The number of para-hydroxylation sites is 2. The van der Waals surface area contributed by atoms with Crippen LogP contribution in [-0.2, 0) is 11.3 Å². The Hall–Kier alpha value is -3.68. The first-order valence-corrected chi connectivity index (χ1v) is 8.20. The van der Waals surface area contributed by atoms with Crippen LogP contribution in [-0.4, -0.2) is 28.9 Å². The van der Waals surface area contributed by atoms with Gasteiger partial charge in [-0.2, -0.15) is 5.10 Å². The van der Waals surface area contributed by atoms with Crippen LogP contribution in [0.1, 0.15) is 16.8 Å². The van der Waals surface area contributed by atoms with E-state index in [0.29, 0.717) is 12.1 Å². The number of nitrogens with zero attached hydrogens (tertiary/aromatic N) is 3. The van der Waals surface area contributed by atoms with E-state index in [0.717, 1.165) is 22.2 Å². The highest BCUT2D eigenvalue weighted by atomic mass is 16.6. The second kappa shape index (κ2) is 7.69. The lowest BCUT2D eigenvalue weighted by Crippen LogP contribution is -2.16. The van der Waals surface area contributed by atoms with Crippen molar-refractivity contribution in [3.05, 3.63) is 75.5 Å². The molecule has 2 aromatic carbocycles. The number of methoxy groups -OCH3 is 1. The van der Waals surface area contributed by atoms with Crippen LogP contribution in [0.5, 0.6) is 0 Å². The van der Waals surface area contributed by atoms with Gasteiger partial charge in [-0.25, -0.2) is 10.2 Å². The van der Waals surface area contributed by atoms with Crippen LogP contribution in [0.15, 0.2) is 53.6 Å². The Kier molecular flexibility index (Phi) is 5.16. The van der Waals surface area contributed by atoms with Crippen LogP contribution in [0, 0.1) is 17.0 Å². The molecule has 0 aliphatic rings. The molecular formula is C19H18N4O4. The van der Waals surface area contributed by atoms with Crippen LogP contribution in [0.4, 0.5) is 10.5 Å². The van der Waals surface area contributed by atoms with Crippen molar-refractivity contribution in [1.29, 1.82) is 0 Å². The molecule has 0 fully saturated rings. The van der Waals surface area contributed by atoms with Crippen LogP contribution in [0.25, 0.3) is 10.9 Å². The highest BCUT2D eigenvalue weighted by Crippen LogP contribution is 2.27. The van der Waals surface area contributed by atoms with Gasteiger partial charge in [-0.1, -0.05) is 36.4 Å². The van der Waals surface area contributed by atoms with E-state index in [4.69, 9.17) is 0 Å². The van der Waals surface area contributed by atoms with Gasteiger partial charge >= 0.3 is 6.09 Å². The van der Waals surface area contributed by atoms with E-state index in [1.165, 1.54) is 13.2 Å². The molecule has 138 valence electrons. The highest BCUT2D eigenvalue weighted by Gasteiger charge is 2.17. The van der Waals surface area contributed by atoms with Crippen LogP contribution < -0.4 is 5.43 Å². The van der Waals surface area contributed by atoms with Crippen LogP contribution in [0.3, 0.4) is 0 Å². The number of nitrogens with one attached hydrogen (secondary N) is 1. The minimum absolute atomic E-state index is 0.0808. The Morgan fingerprint density at radius 1 is 1.26 bits per heavy atom. The summed E-state index contributed by atoms with van der Waals surface area (Å²) in [6.07, 6.45) is 0.886. The van der Waals surface area contributed by atoms with Crippen molar-refractivity contribution in [3.63, 3.8) is 0 Å². The van der Waals surface area contributed by atoms with Crippen molar-refractivity contribution in [2.24, 2.45) is 5.10 Å². The summed E-state index contributed by atoms with van der Waals surface area (Å²) in [7, 11) is 1.26. The van der Waals surface area contributed by atoms with E-state index >= 15 is 0 Å². The zero-order valence-electron chi connectivity index (χ0n) is 14.9. The van der Waals surface area contributed by atoms with E-state index in [-0.39, 0.29) is 10.6 Å². The van der Waals surface area contributed by atoms with Crippen molar-refractivity contribution in [2.75, 3.05) is 7.11 Å². The number of nitro groups is 1. The van der Waals surface area contributed by atoms with E-state index < -0.39 is 6.09 Å². The maximum Gasteiger partial charge on any atom is 0.427 e. The summed E-state index contributed by atoms with van der Waals surface area (Å²) < 4.78 is 6.49. The largest absolute Gasteiger partial charge is 0.452 e. The molecule has 1 N–H and O–H groups in total. The van der Waals surface area contributed by atoms with E-state index in [1.54, 1.807) is 24.4 Å². The molecule has 1 aromatic heterocycles. The zero-order valence-corrected chi connectivity index (χ0v) is 14.9. The van der Waals surface area contributed by atoms with Gasteiger partial charge in [-0.05, 0) is 13.0 Å². The third kappa shape index (κ3) is 3.64. The van der Waals surface area contributed by atoms with Gasteiger partial charge < -0.3 is 9.30 Å². The molecule has 3 aromatic rings. The predicted molar refractivity (Wildman–Crippen MR) is 102 cm³/mol. The number of amides is 1. The first-order chi connectivity index (χ1) is 13.0. The van der Waals surface area contributed by atoms with Gasteiger partial charge in [-0.15, -0.1) is 0 Å². The topological polar surface area (TPSA) is 98.8 Å². The molecule has 8 nitrogen and oxygen atoms in total. The number of nitro benzene ring substituents is 1. The third-order valence-electron chi connectivity index (χ3n) is 4.33. The summed E-state index contributed by atoms with van der Waals surface area (Å²) in [6, 6.07) is 14.4. The molecule has 1 amide bonds. The van der Waals surface area contributed by atoms with Gasteiger partial charge in [0.1, 0.15) is 0 Å². The number of carbonyl (C=O) groups excluding carboxylic acids is 1. The minimum Gasteiger partial charge on any atom is -0.452 e. The average Bonchev–Trinajstić information content (AvgIpc) is 2.94. The molecule has 0 aliphatic carbocycles. The maximum atomic E-state index is 11.3. The van der Waals surface area contributed by atoms with Gasteiger partial charge in [0.2, 0.25) is 0 Å². The lowest BCUT2D eigenvalue weighted by atomic mass is 10.1. The molecular weight excluding hydrogens is 348 g/mol. The molecule has 0 unspecified atom stereocenters. The summed E-state index contributed by atoms with van der Waals surface area (Å²) in [6.45, 7) is 2.26. The standard InChI is InChI=1S/C19H18N4O4/c1-13-16(11-20-21-19(24)27-2)15-8-4-6-10-18(15)22(13)12-14-7-3-5-9-17(14)23(25)26/h3-11H,12H2,1-2H3,(H,21,24). The number of hydrazone groups is 1. The normalized spacial score (nSPS) is 11.0. The first-order valence-electron chi connectivity index (χ1n) is 8.20. The Morgan fingerprint density at radius 3 is 2.70 bits per heavy atom. The fourth-order valence-corrected chi connectivity index (χ4v) is 3.01. The first kappa shape index (κ1) is 18.1. The Balaban J connectivity index is 2.06. The molecule has 1 heterocycles. The summed E-state index contributed by atoms with van der Waals surface area (Å²) >= 11 is 0. The number of ether oxygens (including phenoxy) is 1. The fraction of sp³-hybridized carbons (Fsp3) is 0.158. The van der Waals surface area contributed by atoms with E-state index in [9.17, 15) is 14.9 Å². The molecule has 8 heteroatoms. The Morgan fingerprint density at radius 2 is 1.96 bits per heavy atom. The second-order valence-electron chi connectivity index (χ2n) is 5.85. The lowest BCUT2D eigenvalue weighted by molar-refractivity contribution is -0.385. The fourth-order valence-electron chi connectivity index (χ4n) is 3.01. The quantitative estimate of drug-likeness (QED) is 0.424. The van der Waals surface area contributed by atoms with Crippen LogP contribution in [0.2, 0.25) is 0 Å². The smallest absolute Gasteiger partial charge is 0.427 e. The number of fused-ring (bicyclic) bond motifs is 1. The Labute approximate surface area is 155 Å². The number of hydrogen-bond donors (Lipinski definition) is 1. The molecule has 0 bridgehead atoms. The van der Waals surface area contributed by atoms with Gasteiger partial charge in [0.15, 0.2) is 0 Å². The number of hydrogen-bond acceptors (Lipinski definition) is 5.